The van der Waals surface area contributed by atoms with E-state index < -0.39 is 17.2 Å². The molecule has 1 unspecified atom stereocenters. The Bertz CT molecular complexity index is 1050. The van der Waals surface area contributed by atoms with E-state index in [0.717, 1.165) is 41.7 Å². The van der Waals surface area contributed by atoms with Gasteiger partial charge in [-0.25, -0.2) is 8.78 Å². The predicted molar refractivity (Wildman–Crippen MR) is 108 cm³/mol. The van der Waals surface area contributed by atoms with Crippen LogP contribution >= 0.6 is 11.6 Å². The molecule has 0 saturated carbocycles. The minimum atomic E-state index is -1.70. The summed E-state index contributed by atoms with van der Waals surface area (Å²) in [7, 11) is 2.06. The van der Waals surface area contributed by atoms with Gasteiger partial charge in [-0.1, -0.05) is 11.6 Å². The van der Waals surface area contributed by atoms with Gasteiger partial charge in [-0.15, -0.1) is 0 Å². The van der Waals surface area contributed by atoms with E-state index in [9.17, 15) is 13.9 Å². The van der Waals surface area contributed by atoms with Crippen molar-refractivity contribution in [3.05, 3.63) is 69.4 Å². The maximum absolute atomic E-state index is 14.6. The van der Waals surface area contributed by atoms with Gasteiger partial charge in [-0.2, -0.15) is 0 Å². The Hall–Kier alpha value is -1.95. The molecule has 3 aromatic rings. The van der Waals surface area contributed by atoms with Gasteiger partial charge < -0.3 is 14.6 Å². The maximum Gasteiger partial charge on any atom is 0.132 e. The third kappa shape index (κ3) is 3.21. The number of likely N-dealkylation sites (N-methyl/N-ethyl adjacent to an activating group) is 1. The van der Waals surface area contributed by atoms with Crippen molar-refractivity contribution < 1.29 is 13.9 Å². The fraction of sp³-hybridized carbons (Fsp3) is 0.364. The van der Waals surface area contributed by atoms with Gasteiger partial charge in [0.15, 0.2) is 0 Å². The standard InChI is InChI=1S/C22H23ClF2N2O/c1-13-8-17(24)21(18(25)9-13)22(2,28)12-27-19-5-4-14(23)10-15(19)16-11-26(3)7-6-20(16)27/h4-5,8-10,28H,6-7,11-12H2,1-3H3. The van der Waals surface area contributed by atoms with Gasteiger partial charge in [-0.3, -0.25) is 0 Å². The molecule has 4 rings (SSSR count). The molecule has 0 bridgehead atoms. The first-order valence-corrected chi connectivity index (χ1v) is 9.72. The van der Waals surface area contributed by atoms with Crippen LogP contribution in [0.5, 0.6) is 0 Å². The van der Waals surface area contributed by atoms with E-state index in [0.29, 0.717) is 10.6 Å². The molecular weight excluding hydrogens is 382 g/mol. The summed E-state index contributed by atoms with van der Waals surface area (Å²) >= 11 is 6.22. The van der Waals surface area contributed by atoms with Crippen LogP contribution in [-0.4, -0.2) is 28.2 Å². The average Bonchev–Trinajstić information content (AvgIpc) is 2.85. The quantitative estimate of drug-likeness (QED) is 0.680. The smallest absolute Gasteiger partial charge is 0.132 e. The second kappa shape index (κ2) is 6.83. The molecule has 0 fully saturated rings. The summed E-state index contributed by atoms with van der Waals surface area (Å²) in [4.78, 5) is 2.23. The van der Waals surface area contributed by atoms with Gasteiger partial charge in [-0.05, 0) is 62.4 Å². The van der Waals surface area contributed by atoms with Crippen LogP contribution in [0.15, 0.2) is 30.3 Å². The second-order valence-electron chi connectivity index (χ2n) is 8.04. The summed E-state index contributed by atoms with van der Waals surface area (Å²) in [5.74, 6) is -1.45. The zero-order chi connectivity index (χ0) is 20.2. The van der Waals surface area contributed by atoms with Crippen molar-refractivity contribution in [1.29, 1.82) is 0 Å². The fourth-order valence-corrected chi connectivity index (χ4v) is 4.51. The number of benzene rings is 2. The number of aliphatic hydroxyl groups is 1. The number of fused-ring (bicyclic) bond motifs is 3. The average molecular weight is 405 g/mol. The van der Waals surface area contributed by atoms with Crippen LogP contribution < -0.4 is 0 Å². The van der Waals surface area contributed by atoms with Crippen molar-refractivity contribution >= 4 is 22.5 Å². The van der Waals surface area contributed by atoms with Crippen LogP contribution in [0.4, 0.5) is 8.78 Å². The van der Waals surface area contributed by atoms with E-state index in [1.54, 1.807) is 13.0 Å². The summed E-state index contributed by atoms with van der Waals surface area (Å²) in [6, 6.07) is 8.15. The van der Waals surface area contributed by atoms with Gasteiger partial charge in [0.05, 0.1) is 12.1 Å². The van der Waals surface area contributed by atoms with E-state index in [1.165, 1.54) is 19.1 Å². The third-order valence-corrected chi connectivity index (χ3v) is 5.83. The largest absolute Gasteiger partial charge is 0.383 e. The lowest BCUT2D eigenvalue weighted by molar-refractivity contribution is 0.0311. The minimum absolute atomic E-state index is 0.0566. The molecule has 148 valence electrons. The molecule has 0 amide bonds. The monoisotopic (exact) mass is 404 g/mol. The Balaban J connectivity index is 1.86. The Kier molecular flexibility index (Phi) is 4.73. The Labute approximate surface area is 168 Å². The van der Waals surface area contributed by atoms with E-state index in [4.69, 9.17) is 11.6 Å². The van der Waals surface area contributed by atoms with Gasteiger partial charge >= 0.3 is 0 Å². The molecule has 1 aliphatic heterocycles. The molecular formula is C22H23ClF2N2O. The van der Waals surface area contributed by atoms with Gasteiger partial charge in [0, 0.05) is 41.1 Å². The lowest BCUT2D eigenvalue weighted by Crippen LogP contribution is -2.33. The summed E-state index contributed by atoms with van der Waals surface area (Å²) in [5, 5.41) is 12.8. The molecule has 0 aliphatic carbocycles. The number of nitrogens with zero attached hydrogens (tertiary/aromatic N) is 2. The topological polar surface area (TPSA) is 28.4 Å². The maximum atomic E-state index is 14.6. The van der Waals surface area contributed by atoms with Crippen molar-refractivity contribution in [2.24, 2.45) is 0 Å². The molecule has 2 heterocycles. The van der Waals surface area contributed by atoms with Crippen molar-refractivity contribution in [1.82, 2.24) is 9.47 Å². The molecule has 3 nitrogen and oxygen atoms in total. The minimum Gasteiger partial charge on any atom is -0.383 e. The Morgan fingerprint density at radius 2 is 1.86 bits per heavy atom. The zero-order valence-electron chi connectivity index (χ0n) is 16.2. The highest BCUT2D eigenvalue weighted by molar-refractivity contribution is 6.31. The van der Waals surface area contributed by atoms with Crippen molar-refractivity contribution in [2.45, 2.75) is 39.0 Å². The van der Waals surface area contributed by atoms with Crippen LogP contribution in [0.3, 0.4) is 0 Å². The van der Waals surface area contributed by atoms with Crippen molar-refractivity contribution in [3.8, 4) is 0 Å². The van der Waals surface area contributed by atoms with Crippen LogP contribution in [-0.2, 0) is 25.1 Å². The van der Waals surface area contributed by atoms with Crippen molar-refractivity contribution in [3.63, 3.8) is 0 Å². The molecule has 0 spiro atoms. The first-order chi connectivity index (χ1) is 13.2. The van der Waals surface area contributed by atoms with Crippen LogP contribution in [0.1, 0.15) is 29.3 Å². The van der Waals surface area contributed by atoms with E-state index >= 15 is 0 Å². The molecule has 28 heavy (non-hydrogen) atoms. The summed E-state index contributed by atoms with van der Waals surface area (Å²) in [5.41, 5.74) is 1.64. The van der Waals surface area contributed by atoms with Crippen LogP contribution in [0, 0.1) is 18.6 Å². The number of aromatic nitrogens is 1. The Morgan fingerprint density at radius 1 is 1.18 bits per heavy atom. The lowest BCUT2D eigenvalue weighted by Gasteiger charge is -2.29. The number of halogens is 3. The molecule has 1 atom stereocenters. The molecule has 2 aromatic carbocycles. The molecule has 6 heteroatoms. The van der Waals surface area contributed by atoms with E-state index in [2.05, 4.69) is 11.9 Å². The molecule has 1 aliphatic rings. The molecule has 0 radical (unpaired) electrons. The summed E-state index contributed by atoms with van der Waals surface area (Å²) < 4.78 is 31.1. The molecule has 0 saturated heterocycles. The first kappa shape index (κ1) is 19.4. The van der Waals surface area contributed by atoms with Crippen LogP contribution in [0.2, 0.25) is 5.02 Å². The molecule has 1 aromatic heterocycles. The zero-order valence-corrected chi connectivity index (χ0v) is 16.9. The van der Waals surface area contributed by atoms with Crippen LogP contribution in [0.25, 0.3) is 10.9 Å². The number of hydrogen-bond acceptors (Lipinski definition) is 2. The summed E-state index contributed by atoms with van der Waals surface area (Å²) in [6.07, 6.45) is 0.799. The predicted octanol–water partition coefficient (Wildman–Crippen LogP) is 4.78. The fourth-order valence-electron chi connectivity index (χ4n) is 4.34. The number of hydrogen-bond donors (Lipinski definition) is 1. The first-order valence-electron chi connectivity index (χ1n) is 9.34. The van der Waals surface area contributed by atoms with Gasteiger partial charge in [0.25, 0.3) is 0 Å². The highest BCUT2D eigenvalue weighted by Crippen LogP contribution is 2.36. The van der Waals surface area contributed by atoms with Gasteiger partial charge in [0.1, 0.15) is 17.2 Å². The van der Waals surface area contributed by atoms with Crippen molar-refractivity contribution in [2.75, 3.05) is 13.6 Å². The second-order valence-corrected chi connectivity index (χ2v) is 8.47. The Morgan fingerprint density at radius 3 is 2.54 bits per heavy atom. The number of rotatable bonds is 3. The lowest BCUT2D eigenvalue weighted by atomic mass is 9.93. The SMILES string of the molecule is Cc1cc(F)c(C(C)(O)Cn2c3c(c4cc(Cl)ccc42)CN(C)CC3)c(F)c1. The summed E-state index contributed by atoms with van der Waals surface area (Å²) in [6.45, 7) is 4.80. The highest BCUT2D eigenvalue weighted by atomic mass is 35.5. The van der Waals surface area contributed by atoms with Gasteiger partial charge in [0.2, 0.25) is 0 Å². The number of aryl methyl sites for hydroxylation is 1. The highest BCUT2D eigenvalue weighted by Gasteiger charge is 2.33. The van der Waals surface area contributed by atoms with E-state index in [1.807, 2.05) is 16.7 Å². The third-order valence-electron chi connectivity index (χ3n) is 5.60. The normalized spacial score (nSPS) is 17.0. The van der Waals surface area contributed by atoms with E-state index in [-0.39, 0.29) is 12.1 Å². The molecule has 1 N–H and O–H groups in total.